The van der Waals surface area contributed by atoms with Gasteiger partial charge < -0.3 is 1.43 Å². The summed E-state index contributed by atoms with van der Waals surface area (Å²) in [4.78, 5) is 0. The van der Waals surface area contributed by atoms with E-state index in [-0.39, 0.29) is 52.8 Å². The van der Waals surface area contributed by atoms with E-state index in [1.165, 1.54) is 0 Å². The molecule has 0 amide bonds. The fraction of sp³-hybridized carbons (Fsp3) is 0. The van der Waals surface area contributed by atoms with Crippen LogP contribution in [0.15, 0.2) is 0 Å². The molecule has 0 aliphatic carbocycles. The summed E-state index contributed by atoms with van der Waals surface area (Å²) < 4.78 is -3.11. The molecule has 0 saturated carbocycles. The van der Waals surface area contributed by atoms with E-state index in [9.17, 15) is 0 Å². The van der Waals surface area contributed by atoms with E-state index in [4.69, 9.17) is 0 Å². The van der Waals surface area contributed by atoms with Crippen LogP contribution in [0.1, 0.15) is 1.43 Å². The van der Waals surface area contributed by atoms with Crippen LogP contribution in [0.3, 0.4) is 0 Å². The molecule has 0 N–H and O–H groups in total. The molecule has 0 bridgehead atoms. The van der Waals surface area contributed by atoms with Gasteiger partial charge in [0.1, 0.15) is 0 Å². The summed E-state index contributed by atoms with van der Waals surface area (Å²) in [6.45, 7) is 0. The van der Waals surface area contributed by atoms with E-state index in [1.807, 2.05) is 0 Å². The number of hydrogen-bond acceptors (Lipinski definition) is 0. The Bertz CT molecular complexity index is 71.6. The van der Waals surface area contributed by atoms with Gasteiger partial charge in [-0.15, -0.1) is 0 Å². The molecule has 0 saturated heterocycles. The van der Waals surface area contributed by atoms with Crippen LogP contribution < -0.4 is 51.4 Å². The molecule has 0 aromatic rings. The summed E-state index contributed by atoms with van der Waals surface area (Å²) in [7, 11) is 0. The van der Waals surface area contributed by atoms with Crippen LogP contribution in [0.25, 0.3) is 0 Å². The zero-order chi connectivity index (χ0) is 6.41. The molecule has 0 rings (SSSR count). The van der Waals surface area contributed by atoms with Crippen LogP contribution >= 0.6 is 81.7 Å². The smallest absolute Gasteiger partial charge is 1.00 e. The van der Waals surface area contributed by atoms with Crippen molar-refractivity contribution in [2.24, 2.45) is 0 Å². The third-order valence-corrected chi connectivity index (χ3v) is 0. The first-order valence-corrected chi connectivity index (χ1v) is 23.2. The summed E-state index contributed by atoms with van der Waals surface area (Å²) in [5.74, 6) is 0. The number of halogens is 6. The van der Waals surface area contributed by atoms with Crippen molar-refractivity contribution >= 4 is 81.7 Å². The molecule has 0 fully saturated rings. The zero-order valence-electron chi connectivity index (χ0n) is 4.60. The summed E-state index contributed by atoms with van der Waals surface area (Å²) >= 11 is 20.0. The Morgan fingerprint density at radius 3 is 0.750 bits per heavy atom. The summed E-state index contributed by atoms with van der Waals surface area (Å²) in [5.41, 5.74) is 0. The molecule has 0 nitrogen and oxygen atoms in total. The molecule has 0 aromatic carbocycles. The molecule has 0 aliphatic rings. The Labute approximate surface area is 131 Å². The molecule has 0 aromatic heterocycles. The zero-order valence-corrected chi connectivity index (χ0v) is 17.9. The SMILES string of the molecule is [Br][Rh]([Br])([Br])([Br])([Br])[Br].[H-].[K+]. The maximum Gasteiger partial charge on any atom is 1.00 e. The second-order valence-electron chi connectivity index (χ2n) is 0.714. The molecule has 8 heavy (non-hydrogen) atoms. The number of hydrogen-bond donors (Lipinski definition) is 0. The van der Waals surface area contributed by atoms with Gasteiger partial charge in [-0.2, -0.15) is 0 Å². The fourth-order valence-electron chi connectivity index (χ4n) is 0. The van der Waals surface area contributed by atoms with Gasteiger partial charge in [-0.1, -0.05) is 0 Å². The van der Waals surface area contributed by atoms with Gasteiger partial charge in [0.2, 0.25) is 0 Å². The first-order chi connectivity index (χ1) is 2.45. The van der Waals surface area contributed by atoms with E-state index < -0.39 is 0.665 Å². The standard InChI is InChI=1S/6BrH.K.Rh.H/h6*1H;;;/q;;;;;;+1;+6;-1/p-6. The Morgan fingerprint density at radius 2 is 0.750 bits per heavy atom. The van der Waals surface area contributed by atoms with Crippen molar-refractivity contribution < 1.29 is 53.5 Å². The van der Waals surface area contributed by atoms with E-state index in [0.29, 0.717) is 0 Å². The van der Waals surface area contributed by atoms with Gasteiger partial charge in [-0.3, -0.25) is 0 Å². The molecule has 0 unspecified atom stereocenters. The Kier molecular flexibility index (Phi) is 7.24. The molecule has 0 aliphatic heterocycles. The van der Waals surface area contributed by atoms with Crippen LogP contribution in [-0.2, 0) is 0.665 Å². The summed E-state index contributed by atoms with van der Waals surface area (Å²) in [5, 5.41) is 0. The minimum absolute atomic E-state index is 0. The van der Waals surface area contributed by atoms with E-state index >= 15 is 0 Å². The van der Waals surface area contributed by atoms with E-state index in [1.54, 1.807) is 0 Å². The van der Waals surface area contributed by atoms with Crippen LogP contribution in [-0.4, -0.2) is 0 Å². The molecule has 53 valence electrons. The predicted octanol–water partition coefficient (Wildman–Crippen LogP) is 2.19. The second-order valence-corrected chi connectivity index (χ2v) is 114. The third kappa shape index (κ3) is 43.4. The van der Waals surface area contributed by atoms with Crippen molar-refractivity contribution in [3.63, 3.8) is 0 Å². The minimum atomic E-state index is -3.11. The van der Waals surface area contributed by atoms with Crippen LogP contribution in [0.5, 0.6) is 0 Å². The van der Waals surface area contributed by atoms with Crippen molar-refractivity contribution in [2.75, 3.05) is 0 Å². The van der Waals surface area contributed by atoms with Gasteiger partial charge in [-0.25, -0.2) is 0 Å². The van der Waals surface area contributed by atoms with Gasteiger partial charge in [0, 0.05) is 0 Å². The summed E-state index contributed by atoms with van der Waals surface area (Å²) in [6.07, 6.45) is 0. The van der Waals surface area contributed by atoms with Gasteiger partial charge in [0.05, 0.1) is 0 Å². The van der Waals surface area contributed by atoms with Gasteiger partial charge in [-0.05, 0) is 0 Å². The minimum Gasteiger partial charge on any atom is -1.00 e. The Balaban J connectivity index is -0.000000180. The molecular formula is HBr6KRh. The quantitative estimate of drug-likeness (QED) is 0.364. The maximum absolute atomic E-state index is 3.34. The van der Waals surface area contributed by atoms with Crippen molar-refractivity contribution in [2.45, 2.75) is 0 Å². The van der Waals surface area contributed by atoms with Gasteiger partial charge in [0.25, 0.3) is 0 Å². The van der Waals surface area contributed by atoms with Crippen molar-refractivity contribution in [1.82, 2.24) is 0 Å². The normalized spacial score (nSPS) is 20.2. The van der Waals surface area contributed by atoms with Crippen LogP contribution in [0.2, 0.25) is 0 Å². The Hall–Kier alpha value is 5.14. The number of rotatable bonds is 0. The van der Waals surface area contributed by atoms with Crippen molar-refractivity contribution in [3.05, 3.63) is 0 Å². The topological polar surface area (TPSA) is 0 Å². The van der Waals surface area contributed by atoms with Crippen molar-refractivity contribution in [3.8, 4) is 0 Å². The molecule has 0 spiro atoms. The first-order valence-electron chi connectivity index (χ1n) is 0.756. The molecule has 0 atom stereocenters. The average molecular weight is 622 g/mol. The van der Waals surface area contributed by atoms with E-state index in [0.717, 1.165) is 0 Å². The van der Waals surface area contributed by atoms with E-state index in [2.05, 4.69) is 81.7 Å². The van der Waals surface area contributed by atoms with Crippen LogP contribution in [0, 0.1) is 0 Å². The average Bonchev–Trinajstić information content (AvgIpc) is 0.592. The maximum atomic E-state index is 3.34. The van der Waals surface area contributed by atoms with Gasteiger partial charge in [0.15, 0.2) is 0 Å². The molecular weight excluding hydrogens is 621 g/mol. The molecule has 8 heteroatoms. The Morgan fingerprint density at radius 1 is 0.750 bits per heavy atom. The van der Waals surface area contributed by atoms with Crippen molar-refractivity contribution in [1.29, 1.82) is 0 Å². The molecule has 0 radical (unpaired) electrons. The first kappa shape index (κ1) is 15.6. The van der Waals surface area contributed by atoms with Gasteiger partial charge >= 0.3 is 134 Å². The molecule has 0 heterocycles. The monoisotopic (exact) mass is 616 g/mol. The predicted molar refractivity (Wildman–Crippen MR) is 54.7 cm³/mol. The second kappa shape index (κ2) is 3.71. The fourth-order valence-corrected chi connectivity index (χ4v) is 0. The summed E-state index contributed by atoms with van der Waals surface area (Å²) in [6, 6.07) is 0. The largest absolute Gasteiger partial charge is 1.00 e. The third-order valence-electron chi connectivity index (χ3n) is 0. The van der Waals surface area contributed by atoms with Crippen LogP contribution in [0.4, 0.5) is 0 Å².